The lowest BCUT2D eigenvalue weighted by molar-refractivity contribution is -0.116. The van der Waals surface area contributed by atoms with Gasteiger partial charge in [-0.25, -0.2) is 4.39 Å². The third-order valence-corrected chi connectivity index (χ3v) is 6.21. The third-order valence-electron chi connectivity index (χ3n) is 4.99. The molecule has 2 N–H and O–H groups in total. The van der Waals surface area contributed by atoms with E-state index in [4.69, 9.17) is 4.74 Å². The van der Waals surface area contributed by atoms with E-state index in [-0.39, 0.29) is 23.5 Å². The number of rotatable bonds is 4. The van der Waals surface area contributed by atoms with Gasteiger partial charge in [0.2, 0.25) is 5.91 Å². The van der Waals surface area contributed by atoms with Crippen LogP contribution in [0.15, 0.2) is 48.5 Å². The van der Waals surface area contributed by atoms with Gasteiger partial charge in [0.1, 0.15) is 11.6 Å². The van der Waals surface area contributed by atoms with Gasteiger partial charge in [-0.3, -0.25) is 9.59 Å². The second-order valence-corrected chi connectivity index (χ2v) is 7.86. The van der Waals surface area contributed by atoms with Gasteiger partial charge in [-0.1, -0.05) is 12.1 Å². The molecule has 3 aromatic rings. The standard InChI is InChI=1S/C22H19FN2O3S/c1-12-19-17(13-4-3-5-16(10-13)28-2)11-18(26)25-22(19)29-20(12)21(27)24-15-8-6-14(23)7-9-15/h3-10,17H,11H2,1-2H3,(H,24,27)(H,25,26). The van der Waals surface area contributed by atoms with Crippen LogP contribution in [0.25, 0.3) is 0 Å². The van der Waals surface area contributed by atoms with Crippen molar-refractivity contribution in [3.8, 4) is 5.75 Å². The van der Waals surface area contributed by atoms with Crippen LogP contribution in [0.5, 0.6) is 5.75 Å². The molecule has 2 heterocycles. The lowest BCUT2D eigenvalue weighted by Crippen LogP contribution is -2.22. The highest BCUT2D eigenvalue weighted by atomic mass is 32.1. The van der Waals surface area contributed by atoms with E-state index in [1.807, 2.05) is 31.2 Å². The first-order valence-corrected chi connectivity index (χ1v) is 9.92. The predicted molar refractivity (Wildman–Crippen MR) is 111 cm³/mol. The SMILES string of the molecule is COc1cccc(C2CC(=O)Nc3sc(C(=O)Nc4ccc(F)cc4)c(C)c32)c1. The monoisotopic (exact) mass is 410 g/mol. The topological polar surface area (TPSA) is 67.4 Å². The van der Waals surface area contributed by atoms with Gasteiger partial charge < -0.3 is 15.4 Å². The molecular formula is C22H19FN2O3S. The average molecular weight is 410 g/mol. The van der Waals surface area contributed by atoms with Crippen molar-refractivity contribution < 1.29 is 18.7 Å². The molecule has 1 atom stereocenters. The van der Waals surface area contributed by atoms with E-state index in [1.165, 1.54) is 35.6 Å². The fourth-order valence-electron chi connectivity index (χ4n) is 3.58. The molecule has 0 spiro atoms. The molecular weight excluding hydrogens is 391 g/mol. The minimum Gasteiger partial charge on any atom is -0.497 e. The predicted octanol–water partition coefficient (Wildman–Crippen LogP) is 4.93. The molecule has 2 aromatic carbocycles. The molecule has 0 bridgehead atoms. The van der Waals surface area contributed by atoms with Gasteiger partial charge in [0.05, 0.1) is 17.0 Å². The van der Waals surface area contributed by atoms with Gasteiger partial charge in [0.25, 0.3) is 5.91 Å². The molecule has 7 heteroatoms. The van der Waals surface area contributed by atoms with Gasteiger partial charge >= 0.3 is 0 Å². The third kappa shape index (κ3) is 3.73. The van der Waals surface area contributed by atoms with Crippen molar-refractivity contribution in [2.45, 2.75) is 19.3 Å². The number of ether oxygens (including phenoxy) is 1. The van der Waals surface area contributed by atoms with Crippen molar-refractivity contribution in [3.05, 3.63) is 75.9 Å². The van der Waals surface area contributed by atoms with Gasteiger partial charge in [-0.05, 0) is 60.0 Å². The quantitative estimate of drug-likeness (QED) is 0.641. The molecule has 4 rings (SSSR count). The van der Waals surface area contributed by atoms with Crippen LogP contribution in [0.2, 0.25) is 0 Å². The summed E-state index contributed by atoms with van der Waals surface area (Å²) >= 11 is 1.26. The molecule has 1 unspecified atom stereocenters. The second kappa shape index (κ2) is 7.67. The van der Waals surface area contributed by atoms with Crippen LogP contribution in [-0.4, -0.2) is 18.9 Å². The van der Waals surface area contributed by atoms with E-state index < -0.39 is 0 Å². The lowest BCUT2D eigenvalue weighted by atomic mass is 9.85. The summed E-state index contributed by atoms with van der Waals surface area (Å²) in [7, 11) is 1.60. The Balaban J connectivity index is 1.70. The molecule has 0 saturated heterocycles. The molecule has 0 fully saturated rings. The van der Waals surface area contributed by atoms with Crippen LogP contribution >= 0.6 is 11.3 Å². The number of amides is 2. The maximum atomic E-state index is 13.1. The number of benzene rings is 2. The summed E-state index contributed by atoms with van der Waals surface area (Å²) in [4.78, 5) is 25.7. The number of nitrogens with one attached hydrogen (secondary N) is 2. The number of methoxy groups -OCH3 is 1. The summed E-state index contributed by atoms with van der Waals surface area (Å²) in [5.74, 6) is -0.173. The minimum absolute atomic E-state index is 0.0861. The number of anilines is 2. The summed E-state index contributed by atoms with van der Waals surface area (Å²) in [5, 5.41) is 6.38. The summed E-state index contributed by atoms with van der Waals surface area (Å²) in [6.45, 7) is 1.89. The zero-order chi connectivity index (χ0) is 20.5. The minimum atomic E-state index is -0.366. The second-order valence-electron chi connectivity index (χ2n) is 6.84. The zero-order valence-electron chi connectivity index (χ0n) is 15.9. The van der Waals surface area contributed by atoms with Crippen LogP contribution in [0.4, 0.5) is 15.1 Å². The van der Waals surface area contributed by atoms with E-state index in [0.717, 1.165) is 22.4 Å². The Morgan fingerprint density at radius 2 is 2.00 bits per heavy atom. The summed E-state index contributed by atoms with van der Waals surface area (Å²) in [6.07, 6.45) is 0.302. The Labute approximate surface area is 171 Å². The van der Waals surface area contributed by atoms with Crippen molar-refractivity contribution >= 4 is 33.8 Å². The highest BCUT2D eigenvalue weighted by molar-refractivity contribution is 7.18. The zero-order valence-corrected chi connectivity index (χ0v) is 16.7. The first-order valence-electron chi connectivity index (χ1n) is 9.10. The van der Waals surface area contributed by atoms with Crippen molar-refractivity contribution in [1.29, 1.82) is 0 Å². The van der Waals surface area contributed by atoms with Crippen LogP contribution in [0, 0.1) is 12.7 Å². The van der Waals surface area contributed by atoms with Gasteiger partial charge in [0, 0.05) is 18.0 Å². The Hall–Kier alpha value is -3.19. The number of thiophene rings is 1. The Morgan fingerprint density at radius 3 is 2.72 bits per heavy atom. The molecule has 0 aliphatic carbocycles. The highest BCUT2D eigenvalue weighted by Crippen LogP contribution is 2.45. The average Bonchev–Trinajstić information content (AvgIpc) is 3.05. The maximum Gasteiger partial charge on any atom is 0.266 e. The van der Waals surface area contributed by atoms with E-state index in [1.54, 1.807) is 7.11 Å². The molecule has 1 aromatic heterocycles. The van der Waals surface area contributed by atoms with Crippen molar-refractivity contribution in [1.82, 2.24) is 0 Å². The lowest BCUT2D eigenvalue weighted by Gasteiger charge is -2.24. The molecule has 2 amide bonds. The molecule has 0 saturated carbocycles. The number of halogens is 1. The smallest absolute Gasteiger partial charge is 0.266 e. The highest BCUT2D eigenvalue weighted by Gasteiger charge is 2.33. The summed E-state index contributed by atoms with van der Waals surface area (Å²) in [6, 6.07) is 13.2. The van der Waals surface area contributed by atoms with Gasteiger partial charge in [0.15, 0.2) is 0 Å². The normalized spacial score (nSPS) is 15.4. The van der Waals surface area contributed by atoms with Gasteiger partial charge in [-0.15, -0.1) is 11.3 Å². The van der Waals surface area contributed by atoms with Gasteiger partial charge in [-0.2, -0.15) is 0 Å². The molecule has 29 heavy (non-hydrogen) atoms. The van der Waals surface area contributed by atoms with Crippen molar-refractivity contribution in [3.63, 3.8) is 0 Å². The van der Waals surface area contributed by atoms with Crippen LogP contribution in [0.3, 0.4) is 0 Å². The summed E-state index contributed by atoms with van der Waals surface area (Å²) in [5.41, 5.74) is 3.26. The largest absolute Gasteiger partial charge is 0.497 e. The van der Waals surface area contributed by atoms with Crippen LogP contribution in [-0.2, 0) is 4.79 Å². The fourth-order valence-corrected chi connectivity index (χ4v) is 4.77. The Morgan fingerprint density at radius 1 is 1.24 bits per heavy atom. The van der Waals surface area contributed by atoms with E-state index >= 15 is 0 Å². The number of carbonyl (C=O) groups excluding carboxylic acids is 2. The first kappa shape index (κ1) is 19.1. The maximum absolute atomic E-state index is 13.1. The molecule has 0 radical (unpaired) electrons. The molecule has 1 aliphatic heterocycles. The number of hydrogen-bond acceptors (Lipinski definition) is 4. The fraction of sp³-hybridized carbons (Fsp3) is 0.182. The van der Waals surface area contributed by atoms with Crippen LogP contribution in [0.1, 0.15) is 38.7 Å². The van der Waals surface area contributed by atoms with Crippen molar-refractivity contribution in [2.24, 2.45) is 0 Å². The van der Waals surface area contributed by atoms with E-state index in [9.17, 15) is 14.0 Å². The Bertz CT molecular complexity index is 1090. The summed E-state index contributed by atoms with van der Waals surface area (Å²) < 4.78 is 18.4. The van der Waals surface area contributed by atoms with Crippen LogP contribution < -0.4 is 15.4 Å². The van der Waals surface area contributed by atoms with E-state index in [0.29, 0.717) is 22.0 Å². The number of carbonyl (C=O) groups is 2. The molecule has 1 aliphatic rings. The Kier molecular flexibility index (Phi) is 5.07. The molecule has 5 nitrogen and oxygen atoms in total. The number of hydrogen-bond donors (Lipinski definition) is 2. The first-order chi connectivity index (χ1) is 14.0. The number of fused-ring (bicyclic) bond motifs is 1. The van der Waals surface area contributed by atoms with Crippen molar-refractivity contribution in [2.75, 3.05) is 17.7 Å². The molecule has 148 valence electrons. The van der Waals surface area contributed by atoms with E-state index in [2.05, 4.69) is 10.6 Å².